The third-order valence-electron chi connectivity index (χ3n) is 2.48. The van der Waals surface area contributed by atoms with Crippen molar-refractivity contribution in [3.63, 3.8) is 0 Å². The SMILES string of the molecule is Cc1c(C(=O)O)nnn1C(C)C(C)C. The second-order valence-electron chi connectivity index (χ2n) is 3.76. The van der Waals surface area contributed by atoms with Gasteiger partial charge in [-0.15, -0.1) is 5.10 Å². The number of aromatic nitrogens is 3. The Balaban J connectivity index is 3.06. The Kier molecular flexibility index (Phi) is 2.88. The van der Waals surface area contributed by atoms with Gasteiger partial charge in [0.05, 0.1) is 11.7 Å². The number of rotatable bonds is 3. The Morgan fingerprint density at radius 3 is 2.36 bits per heavy atom. The zero-order valence-electron chi connectivity index (χ0n) is 8.85. The molecule has 1 unspecified atom stereocenters. The van der Waals surface area contributed by atoms with E-state index in [0.29, 0.717) is 11.6 Å². The molecule has 1 rings (SSSR count). The molecule has 5 heteroatoms. The van der Waals surface area contributed by atoms with E-state index in [1.807, 2.05) is 6.92 Å². The molecule has 0 aliphatic heterocycles. The van der Waals surface area contributed by atoms with Gasteiger partial charge in [-0.25, -0.2) is 9.48 Å². The Hall–Kier alpha value is -1.39. The van der Waals surface area contributed by atoms with Crippen molar-refractivity contribution < 1.29 is 9.90 Å². The van der Waals surface area contributed by atoms with E-state index in [1.165, 1.54) is 0 Å². The van der Waals surface area contributed by atoms with Gasteiger partial charge in [0, 0.05) is 0 Å². The first-order valence-corrected chi connectivity index (χ1v) is 4.60. The van der Waals surface area contributed by atoms with Gasteiger partial charge in [-0.1, -0.05) is 19.1 Å². The molecular formula is C9H15N3O2. The van der Waals surface area contributed by atoms with Crippen LogP contribution in [0.25, 0.3) is 0 Å². The van der Waals surface area contributed by atoms with Gasteiger partial charge in [-0.2, -0.15) is 0 Å². The third kappa shape index (κ3) is 1.76. The van der Waals surface area contributed by atoms with Crippen molar-refractivity contribution in [2.75, 3.05) is 0 Å². The van der Waals surface area contributed by atoms with E-state index in [0.717, 1.165) is 0 Å². The number of carbonyl (C=O) groups is 1. The van der Waals surface area contributed by atoms with Crippen molar-refractivity contribution in [2.24, 2.45) is 5.92 Å². The van der Waals surface area contributed by atoms with E-state index < -0.39 is 5.97 Å². The molecule has 1 aromatic rings. The molecule has 0 spiro atoms. The van der Waals surface area contributed by atoms with Crippen LogP contribution >= 0.6 is 0 Å². The molecule has 0 radical (unpaired) electrons. The smallest absolute Gasteiger partial charge is 0.358 e. The lowest BCUT2D eigenvalue weighted by Gasteiger charge is -2.16. The predicted octanol–water partition coefficient (Wildman–Crippen LogP) is 1.50. The van der Waals surface area contributed by atoms with Gasteiger partial charge < -0.3 is 5.11 Å². The highest BCUT2D eigenvalue weighted by Crippen LogP contribution is 2.18. The number of nitrogens with zero attached hydrogens (tertiary/aromatic N) is 3. The maximum absolute atomic E-state index is 10.7. The summed E-state index contributed by atoms with van der Waals surface area (Å²) in [5.41, 5.74) is 0.649. The van der Waals surface area contributed by atoms with Crippen LogP contribution in [-0.2, 0) is 0 Å². The van der Waals surface area contributed by atoms with Crippen LogP contribution < -0.4 is 0 Å². The van der Waals surface area contributed by atoms with Crippen LogP contribution in [0.5, 0.6) is 0 Å². The quantitative estimate of drug-likeness (QED) is 0.797. The highest BCUT2D eigenvalue weighted by molar-refractivity contribution is 5.86. The first kappa shape index (κ1) is 10.7. The number of aromatic carboxylic acids is 1. The molecule has 0 aliphatic carbocycles. The fourth-order valence-corrected chi connectivity index (χ4v) is 1.21. The van der Waals surface area contributed by atoms with Crippen molar-refractivity contribution in [3.8, 4) is 0 Å². The maximum Gasteiger partial charge on any atom is 0.358 e. The third-order valence-corrected chi connectivity index (χ3v) is 2.48. The number of carboxylic acids is 1. The lowest BCUT2D eigenvalue weighted by Crippen LogP contribution is -2.15. The molecule has 1 aromatic heterocycles. The summed E-state index contributed by atoms with van der Waals surface area (Å²) in [5, 5.41) is 16.3. The van der Waals surface area contributed by atoms with Gasteiger partial charge >= 0.3 is 5.97 Å². The van der Waals surface area contributed by atoms with Crippen molar-refractivity contribution in [3.05, 3.63) is 11.4 Å². The molecule has 78 valence electrons. The molecule has 5 nitrogen and oxygen atoms in total. The van der Waals surface area contributed by atoms with E-state index >= 15 is 0 Å². The van der Waals surface area contributed by atoms with E-state index in [1.54, 1.807) is 11.6 Å². The second kappa shape index (κ2) is 3.77. The van der Waals surface area contributed by atoms with Crippen LogP contribution in [0.2, 0.25) is 0 Å². The summed E-state index contributed by atoms with van der Waals surface area (Å²) in [4.78, 5) is 10.7. The first-order chi connectivity index (χ1) is 6.45. The summed E-state index contributed by atoms with van der Waals surface area (Å²) in [6, 6.07) is 0.163. The Morgan fingerprint density at radius 1 is 1.43 bits per heavy atom. The molecule has 0 saturated carbocycles. The largest absolute Gasteiger partial charge is 0.476 e. The van der Waals surface area contributed by atoms with Gasteiger partial charge in [0.2, 0.25) is 0 Å². The van der Waals surface area contributed by atoms with Gasteiger partial charge in [0.1, 0.15) is 0 Å². The molecule has 1 heterocycles. The molecule has 0 bridgehead atoms. The topological polar surface area (TPSA) is 68.0 Å². The van der Waals surface area contributed by atoms with Gasteiger partial charge in [-0.3, -0.25) is 0 Å². The van der Waals surface area contributed by atoms with E-state index in [-0.39, 0.29) is 11.7 Å². The number of hydrogen-bond acceptors (Lipinski definition) is 3. The fourth-order valence-electron chi connectivity index (χ4n) is 1.21. The maximum atomic E-state index is 10.7. The first-order valence-electron chi connectivity index (χ1n) is 4.60. The average Bonchev–Trinajstić information content (AvgIpc) is 2.45. The number of hydrogen-bond donors (Lipinski definition) is 1. The highest BCUT2D eigenvalue weighted by atomic mass is 16.4. The summed E-state index contributed by atoms with van der Waals surface area (Å²) in [6.45, 7) is 7.85. The molecule has 0 fully saturated rings. The van der Waals surface area contributed by atoms with Gasteiger partial charge in [0.25, 0.3) is 0 Å². The minimum Gasteiger partial charge on any atom is -0.476 e. The zero-order valence-corrected chi connectivity index (χ0v) is 8.85. The molecule has 0 aliphatic rings. The molecule has 1 N–H and O–H groups in total. The average molecular weight is 197 g/mol. The highest BCUT2D eigenvalue weighted by Gasteiger charge is 2.19. The molecule has 14 heavy (non-hydrogen) atoms. The van der Waals surface area contributed by atoms with Crippen molar-refractivity contribution in [1.29, 1.82) is 0 Å². The van der Waals surface area contributed by atoms with Crippen molar-refractivity contribution >= 4 is 5.97 Å². The minimum atomic E-state index is -1.02. The van der Waals surface area contributed by atoms with Crippen LogP contribution in [0, 0.1) is 12.8 Å². The second-order valence-corrected chi connectivity index (χ2v) is 3.76. The molecule has 0 saturated heterocycles. The van der Waals surface area contributed by atoms with Crippen LogP contribution in [-0.4, -0.2) is 26.1 Å². The molecule has 0 aromatic carbocycles. The van der Waals surface area contributed by atoms with E-state index in [9.17, 15) is 4.79 Å². The molecule has 0 amide bonds. The van der Waals surface area contributed by atoms with Gasteiger partial charge in [-0.05, 0) is 19.8 Å². The standard InChI is InChI=1S/C9H15N3O2/c1-5(2)6(3)12-7(4)8(9(13)14)10-11-12/h5-6H,1-4H3,(H,13,14). The van der Waals surface area contributed by atoms with Crippen LogP contribution in [0.3, 0.4) is 0 Å². The van der Waals surface area contributed by atoms with E-state index in [4.69, 9.17) is 5.11 Å². The monoisotopic (exact) mass is 197 g/mol. The Bertz CT molecular complexity index is 344. The lowest BCUT2D eigenvalue weighted by atomic mass is 10.1. The van der Waals surface area contributed by atoms with Crippen LogP contribution in [0.1, 0.15) is 43.0 Å². The number of carboxylic acid groups (broad SMARTS) is 1. The van der Waals surface area contributed by atoms with Gasteiger partial charge in [0.15, 0.2) is 5.69 Å². The van der Waals surface area contributed by atoms with Crippen molar-refractivity contribution in [1.82, 2.24) is 15.0 Å². The molecule has 1 atom stereocenters. The molecular weight excluding hydrogens is 182 g/mol. The normalized spacial score (nSPS) is 13.2. The van der Waals surface area contributed by atoms with Crippen LogP contribution in [0.15, 0.2) is 0 Å². The Morgan fingerprint density at radius 2 is 2.00 bits per heavy atom. The fraction of sp³-hybridized carbons (Fsp3) is 0.667. The summed E-state index contributed by atoms with van der Waals surface area (Å²) in [5.74, 6) is -0.623. The summed E-state index contributed by atoms with van der Waals surface area (Å²) >= 11 is 0. The summed E-state index contributed by atoms with van der Waals surface area (Å²) in [6.07, 6.45) is 0. The van der Waals surface area contributed by atoms with E-state index in [2.05, 4.69) is 24.2 Å². The summed E-state index contributed by atoms with van der Waals surface area (Å²) in [7, 11) is 0. The lowest BCUT2D eigenvalue weighted by molar-refractivity contribution is 0.0689. The van der Waals surface area contributed by atoms with Crippen LogP contribution in [0.4, 0.5) is 0 Å². The van der Waals surface area contributed by atoms with Crippen molar-refractivity contribution in [2.45, 2.75) is 33.7 Å². The summed E-state index contributed by atoms with van der Waals surface area (Å²) < 4.78 is 1.66. The predicted molar refractivity (Wildman–Crippen MR) is 51.3 cm³/mol. The Labute approximate surface area is 82.7 Å². The minimum absolute atomic E-state index is 0.0394. The zero-order chi connectivity index (χ0) is 10.9.